The third-order valence-electron chi connectivity index (χ3n) is 2.40. The molecule has 0 unspecified atom stereocenters. The minimum absolute atomic E-state index is 0.0933. The third kappa shape index (κ3) is 4.47. The first-order valence-corrected chi connectivity index (χ1v) is 8.57. The van der Waals surface area contributed by atoms with Crippen LogP contribution in [0.3, 0.4) is 0 Å². The minimum atomic E-state index is 0.0933. The van der Waals surface area contributed by atoms with Crippen molar-refractivity contribution < 1.29 is 0 Å². The number of aromatic nitrogens is 2. The quantitative estimate of drug-likeness (QED) is 0.700. The molecule has 1 N–H and O–H groups in total. The lowest BCUT2D eigenvalue weighted by Crippen LogP contribution is -2.35. The van der Waals surface area contributed by atoms with E-state index in [-0.39, 0.29) is 5.54 Å². The molecule has 6 heteroatoms. The molecule has 19 heavy (non-hydrogen) atoms. The van der Waals surface area contributed by atoms with Crippen molar-refractivity contribution in [2.45, 2.75) is 32.9 Å². The molecule has 3 nitrogen and oxygen atoms in total. The summed E-state index contributed by atoms with van der Waals surface area (Å²) in [6.07, 6.45) is 0. The van der Waals surface area contributed by atoms with Crippen LogP contribution in [0.5, 0.6) is 0 Å². The number of nitrogens with one attached hydrogen (secondary N) is 1. The third-order valence-corrected chi connectivity index (χ3v) is 4.79. The fraction of sp³-hybridized carbons (Fsp3) is 0.385. The molecule has 2 rings (SSSR count). The molecule has 0 radical (unpaired) electrons. The summed E-state index contributed by atoms with van der Waals surface area (Å²) >= 11 is 7.46. The number of hydrogen-bond acceptors (Lipinski definition) is 4. The second kappa shape index (κ2) is 6.15. The van der Waals surface area contributed by atoms with Gasteiger partial charge in [-0.2, -0.15) is 0 Å². The highest BCUT2D eigenvalue weighted by molar-refractivity contribution is 14.1. The predicted molar refractivity (Wildman–Crippen MR) is 92.4 cm³/mol. The molecule has 0 spiro atoms. The van der Waals surface area contributed by atoms with E-state index in [1.165, 1.54) is 3.57 Å². The zero-order chi connectivity index (χ0) is 14.0. The maximum atomic E-state index is 4.29. The van der Waals surface area contributed by atoms with Gasteiger partial charge >= 0.3 is 0 Å². The van der Waals surface area contributed by atoms with Crippen LogP contribution in [0.2, 0.25) is 0 Å². The highest BCUT2D eigenvalue weighted by Gasteiger charge is 2.13. The maximum Gasteiger partial charge on any atom is 0.148 e. The summed E-state index contributed by atoms with van der Waals surface area (Å²) in [4.78, 5) is 0. The lowest BCUT2D eigenvalue weighted by atomic mass is 10.1. The Kier molecular flexibility index (Phi) is 4.97. The van der Waals surface area contributed by atoms with Crippen LogP contribution in [-0.2, 0) is 6.54 Å². The molecule has 1 heterocycles. The normalized spacial score (nSPS) is 11.8. The molecule has 1 aromatic carbocycles. The average molecular weight is 452 g/mol. The van der Waals surface area contributed by atoms with E-state index in [1.807, 2.05) is 6.07 Å². The van der Waals surface area contributed by atoms with E-state index >= 15 is 0 Å². The summed E-state index contributed by atoms with van der Waals surface area (Å²) in [7, 11) is 0. The second-order valence-corrected chi connectivity index (χ2v) is 8.37. The van der Waals surface area contributed by atoms with Gasteiger partial charge < -0.3 is 5.32 Å². The molecule has 0 fully saturated rings. The number of benzene rings is 1. The van der Waals surface area contributed by atoms with Crippen LogP contribution in [0.1, 0.15) is 25.8 Å². The Morgan fingerprint density at radius 1 is 1.32 bits per heavy atom. The van der Waals surface area contributed by atoms with Gasteiger partial charge in [0.2, 0.25) is 0 Å². The first kappa shape index (κ1) is 15.3. The fourth-order valence-corrected chi connectivity index (χ4v) is 3.38. The van der Waals surface area contributed by atoms with Crippen LogP contribution < -0.4 is 5.32 Å². The predicted octanol–water partition coefficient (Wildman–Crippen LogP) is 4.46. The van der Waals surface area contributed by atoms with Gasteiger partial charge in [0, 0.05) is 19.1 Å². The van der Waals surface area contributed by atoms with Gasteiger partial charge in [-0.05, 0) is 61.6 Å². The number of hydrogen-bond donors (Lipinski definition) is 1. The van der Waals surface area contributed by atoms with Crippen LogP contribution in [0.15, 0.2) is 22.7 Å². The van der Waals surface area contributed by atoms with Gasteiger partial charge in [0.15, 0.2) is 0 Å². The standard InChI is InChI=1S/C13H15BrIN3S/c1-13(2,3)16-7-11-17-18-12(19-11)9-6-8(14)4-5-10(9)15/h4-6,16H,7H2,1-3H3. The van der Waals surface area contributed by atoms with Crippen LogP contribution >= 0.6 is 49.9 Å². The first-order valence-electron chi connectivity index (χ1n) is 5.88. The van der Waals surface area contributed by atoms with E-state index in [2.05, 4.69) is 86.9 Å². The Bertz CT molecular complexity index is 578. The molecule has 0 aliphatic carbocycles. The van der Waals surface area contributed by atoms with E-state index in [4.69, 9.17) is 0 Å². The van der Waals surface area contributed by atoms with Gasteiger partial charge in [-0.1, -0.05) is 27.3 Å². The van der Waals surface area contributed by atoms with Crippen molar-refractivity contribution in [3.8, 4) is 10.6 Å². The van der Waals surface area contributed by atoms with E-state index in [9.17, 15) is 0 Å². The summed E-state index contributed by atoms with van der Waals surface area (Å²) in [5.74, 6) is 0. The highest BCUT2D eigenvalue weighted by Crippen LogP contribution is 2.30. The first-order chi connectivity index (χ1) is 8.85. The monoisotopic (exact) mass is 451 g/mol. The summed E-state index contributed by atoms with van der Waals surface area (Å²) < 4.78 is 2.25. The number of halogens is 2. The van der Waals surface area contributed by atoms with Gasteiger partial charge in [-0.3, -0.25) is 0 Å². The zero-order valence-corrected chi connectivity index (χ0v) is 15.6. The molecule has 0 aliphatic heterocycles. The van der Waals surface area contributed by atoms with Crippen LogP contribution in [0, 0.1) is 3.57 Å². The van der Waals surface area contributed by atoms with E-state index in [1.54, 1.807) is 11.3 Å². The van der Waals surface area contributed by atoms with Crippen LogP contribution in [-0.4, -0.2) is 15.7 Å². The summed E-state index contributed by atoms with van der Waals surface area (Å²) in [6.45, 7) is 7.19. The van der Waals surface area contributed by atoms with Crippen molar-refractivity contribution in [3.05, 3.63) is 31.2 Å². The van der Waals surface area contributed by atoms with Gasteiger partial charge in [0.1, 0.15) is 10.0 Å². The van der Waals surface area contributed by atoms with Gasteiger partial charge in [0.05, 0.1) is 6.54 Å². The molecule has 1 aromatic heterocycles. The number of nitrogens with zero attached hydrogens (tertiary/aromatic N) is 2. The van der Waals surface area contributed by atoms with Crippen molar-refractivity contribution in [1.29, 1.82) is 0 Å². The van der Waals surface area contributed by atoms with Crippen molar-refractivity contribution in [2.75, 3.05) is 0 Å². The summed E-state index contributed by atoms with van der Waals surface area (Å²) in [6, 6.07) is 6.20. The van der Waals surface area contributed by atoms with Gasteiger partial charge in [0.25, 0.3) is 0 Å². The van der Waals surface area contributed by atoms with Crippen LogP contribution in [0.25, 0.3) is 10.6 Å². The fourth-order valence-electron chi connectivity index (χ4n) is 1.44. The molecule has 0 saturated heterocycles. The molecule has 0 aliphatic rings. The second-order valence-electron chi connectivity index (χ2n) is 5.23. The summed E-state index contributed by atoms with van der Waals surface area (Å²) in [5.41, 5.74) is 1.23. The lowest BCUT2D eigenvalue weighted by Gasteiger charge is -2.19. The van der Waals surface area contributed by atoms with Gasteiger partial charge in [-0.15, -0.1) is 10.2 Å². The van der Waals surface area contributed by atoms with E-state index in [0.717, 1.165) is 26.6 Å². The molecular weight excluding hydrogens is 437 g/mol. The Morgan fingerprint density at radius 2 is 2.05 bits per heavy atom. The number of rotatable bonds is 3. The van der Waals surface area contributed by atoms with Crippen LogP contribution in [0.4, 0.5) is 0 Å². The Hall–Kier alpha value is -0.0500. The Morgan fingerprint density at radius 3 is 2.74 bits per heavy atom. The molecule has 0 atom stereocenters. The molecule has 0 bridgehead atoms. The zero-order valence-electron chi connectivity index (χ0n) is 11.0. The molecule has 0 saturated carbocycles. The van der Waals surface area contributed by atoms with Crippen molar-refractivity contribution in [2.24, 2.45) is 0 Å². The topological polar surface area (TPSA) is 37.8 Å². The Labute approximate surface area is 139 Å². The van der Waals surface area contributed by atoms with Gasteiger partial charge in [-0.25, -0.2) is 0 Å². The van der Waals surface area contributed by atoms with Crippen molar-refractivity contribution in [1.82, 2.24) is 15.5 Å². The van der Waals surface area contributed by atoms with Crippen molar-refractivity contribution in [3.63, 3.8) is 0 Å². The molecule has 0 amide bonds. The average Bonchev–Trinajstić information content (AvgIpc) is 2.77. The van der Waals surface area contributed by atoms with Crippen molar-refractivity contribution >= 4 is 49.9 Å². The van der Waals surface area contributed by atoms with E-state index < -0.39 is 0 Å². The minimum Gasteiger partial charge on any atom is -0.306 e. The smallest absolute Gasteiger partial charge is 0.148 e. The highest BCUT2D eigenvalue weighted by atomic mass is 127. The Balaban J connectivity index is 2.19. The summed E-state index contributed by atoms with van der Waals surface area (Å²) in [5, 5.41) is 14.0. The largest absolute Gasteiger partial charge is 0.306 e. The van der Waals surface area contributed by atoms with E-state index in [0.29, 0.717) is 0 Å². The SMILES string of the molecule is CC(C)(C)NCc1nnc(-c2cc(Br)ccc2I)s1. The molecule has 102 valence electrons. The lowest BCUT2D eigenvalue weighted by molar-refractivity contribution is 0.423. The molecular formula is C13H15BrIN3S. The maximum absolute atomic E-state index is 4.29. The molecule has 2 aromatic rings.